The summed E-state index contributed by atoms with van der Waals surface area (Å²) in [5.41, 5.74) is 3.44. The Bertz CT molecular complexity index is 953. The van der Waals surface area contributed by atoms with Crippen LogP contribution in [0.25, 0.3) is 0 Å². The molecule has 0 aromatic heterocycles. The van der Waals surface area contributed by atoms with Crippen LogP contribution in [0.15, 0.2) is 48.5 Å². The molecule has 3 N–H and O–H groups in total. The molecule has 1 heterocycles. The number of benzene rings is 2. The van der Waals surface area contributed by atoms with Crippen molar-refractivity contribution in [3.63, 3.8) is 0 Å². The zero-order valence-corrected chi connectivity index (χ0v) is 19.0. The number of anilines is 1. The van der Waals surface area contributed by atoms with E-state index >= 15 is 0 Å². The maximum atomic E-state index is 13.2. The van der Waals surface area contributed by atoms with Gasteiger partial charge in [0.15, 0.2) is 0 Å². The second-order valence-electron chi connectivity index (χ2n) is 8.48. The first kappa shape index (κ1) is 23.5. The quantitative estimate of drug-likeness (QED) is 0.646. The summed E-state index contributed by atoms with van der Waals surface area (Å²) in [6, 6.07) is 13.7. The average Bonchev–Trinajstić information content (AvgIpc) is 2.78. The van der Waals surface area contributed by atoms with Gasteiger partial charge in [-0.15, -0.1) is 0 Å². The fourth-order valence-electron chi connectivity index (χ4n) is 3.81. The fraction of sp³-hybridized carbons (Fsp3) is 0.400. The van der Waals surface area contributed by atoms with E-state index in [0.717, 1.165) is 42.6 Å². The van der Waals surface area contributed by atoms with Gasteiger partial charge in [0.05, 0.1) is 6.54 Å². The zero-order valence-electron chi connectivity index (χ0n) is 19.0. The molecule has 1 saturated heterocycles. The lowest BCUT2D eigenvalue weighted by Crippen LogP contribution is -2.47. The highest BCUT2D eigenvalue weighted by molar-refractivity contribution is 6.02. The smallest absolute Gasteiger partial charge is 0.325 e. The van der Waals surface area contributed by atoms with Gasteiger partial charge in [0.2, 0.25) is 11.8 Å². The van der Waals surface area contributed by atoms with Crippen molar-refractivity contribution in [1.29, 1.82) is 0 Å². The number of likely N-dealkylation sites (tertiary alicyclic amines) is 1. The number of nitrogens with zero attached hydrogens (tertiary/aromatic N) is 1. The van der Waals surface area contributed by atoms with E-state index < -0.39 is 18.0 Å². The highest BCUT2D eigenvalue weighted by atomic mass is 16.2. The molecule has 2 aromatic rings. The van der Waals surface area contributed by atoms with Crippen LogP contribution in [-0.4, -0.2) is 42.4 Å². The van der Waals surface area contributed by atoms with Gasteiger partial charge in [-0.3, -0.25) is 20.2 Å². The van der Waals surface area contributed by atoms with Gasteiger partial charge in [0.1, 0.15) is 6.04 Å². The van der Waals surface area contributed by atoms with Crippen molar-refractivity contribution in [1.82, 2.24) is 15.5 Å². The van der Waals surface area contributed by atoms with Gasteiger partial charge in [0, 0.05) is 18.8 Å². The van der Waals surface area contributed by atoms with E-state index in [1.165, 1.54) is 0 Å². The molecule has 3 rings (SSSR count). The lowest BCUT2D eigenvalue weighted by Gasteiger charge is -2.33. The molecule has 0 spiro atoms. The molecule has 0 saturated carbocycles. The summed E-state index contributed by atoms with van der Waals surface area (Å²) in [5.74, 6) is 0.0630. The number of urea groups is 1. The Hall–Kier alpha value is -3.19. The van der Waals surface area contributed by atoms with Crippen molar-refractivity contribution in [2.45, 2.75) is 39.7 Å². The number of carbonyl (C=O) groups excluding carboxylic acids is 3. The fourth-order valence-corrected chi connectivity index (χ4v) is 3.81. The van der Waals surface area contributed by atoms with Gasteiger partial charge in [-0.1, -0.05) is 49.4 Å². The Kier molecular flexibility index (Phi) is 8.00. The van der Waals surface area contributed by atoms with E-state index in [4.69, 9.17) is 0 Å². The van der Waals surface area contributed by atoms with E-state index in [0.29, 0.717) is 11.6 Å². The van der Waals surface area contributed by atoms with Gasteiger partial charge in [-0.05, 0) is 55.4 Å². The molecule has 4 amide bonds. The van der Waals surface area contributed by atoms with Crippen molar-refractivity contribution in [2.75, 3.05) is 25.0 Å². The molecule has 1 aliphatic heterocycles. The SMILES string of the molecule is Cc1cccc(NC(=O)NC(=O)CN[C@@H](C(=O)N2CCC(C)CC2)c2ccccc2)c1C. The Labute approximate surface area is 189 Å². The third-order valence-corrected chi connectivity index (χ3v) is 6.05. The average molecular weight is 437 g/mol. The topological polar surface area (TPSA) is 90.5 Å². The highest BCUT2D eigenvalue weighted by Crippen LogP contribution is 2.22. The maximum Gasteiger partial charge on any atom is 0.325 e. The van der Waals surface area contributed by atoms with Gasteiger partial charge >= 0.3 is 6.03 Å². The number of hydrogen-bond donors (Lipinski definition) is 3. The molecule has 0 unspecified atom stereocenters. The van der Waals surface area contributed by atoms with Crippen LogP contribution >= 0.6 is 0 Å². The molecule has 0 bridgehead atoms. The second-order valence-corrected chi connectivity index (χ2v) is 8.48. The number of hydrogen-bond acceptors (Lipinski definition) is 4. The summed E-state index contributed by atoms with van der Waals surface area (Å²) < 4.78 is 0. The van der Waals surface area contributed by atoms with Crippen LogP contribution in [0.4, 0.5) is 10.5 Å². The van der Waals surface area contributed by atoms with Crippen molar-refractivity contribution in [2.24, 2.45) is 5.92 Å². The number of imide groups is 1. The largest absolute Gasteiger partial charge is 0.341 e. The third kappa shape index (κ3) is 6.17. The molecule has 0 aliphatic carbocycles. The van der Waals surface area contributed by atoms with Crippen LogP contribution in [0.1, 0.15) is 42.5 Å². The number of rotatable bonds is 6. The summed E-state index contributed by atoms with van der Waals surface area (Å²) in [6.45, 7) is 7.34. The minimum absolute atomic E-state index is 0.0456. The first-order valence-corrected chi connectivity index (χ1v) is 11.1. The van der Waals surface area contributed by atoms with Crippen molar-refractivity contribution in [3.05, 3.63) is 65.2 Å². The predicted molar refractivity (Wildman–Crippen MR) is 125 cm³/mol. The summed E-state index contributed by atoms with van der Waals surface area (Å²) >= 11 is 0. The monoisotopic (exact) mass is 436 g/mol. The van der Waals surface area contributed by atoms with Crippen LogP contribution < -0.4 is 16.0 Å². The minimum Gasteiger partial charge on any atom is -0.341 e. The van der Waals surface area contributed by atoms with E-state index in [1.807, 2.05) is 61.2 Å². The molecule has 0 radical (unpaired) electrons. The third-order valence-electron chi connectivity index (χ3n) is 6.05. The number of nitrogens with one attached hydrogen (secondary N) is 3. The van der Waals surface area contributed by atoms with Gasteiger partial charge in [-0.2, -0.15) is 0 Å². The van der Waals surface area contributed by atoms with E-state index in [2.05, 4.69) is 22.9 Å². The first-order valence-electron chi connectivity index (χ1n) is 11.1. The summed E-state index contributed by atoms with van der Waals surface area (Å²) in [5, 5.41) is 8.09. The van der Waals surface area contributed by atoms with Crippen molar-refractivity contribution >= 4 is 23.5 Å². The van der Waals surface area contributed by atoms with Gasteiger partial charge < -0.3 is 10.2 Å². The first-order chi connectivity index (χ1) is 15.3. The number of aryl methyl sites for hydroxylation is 1. The second kappa shape index (κ2) is 10.9. The van der Waals surface area contributed by atoms with Crippen LogP contribution in [0.5, 0.6) is 0 Å². The molecule has 1 fully saturated rings. The van der Waals surface area contributed by atoms with Crippen molar-refractivity contribution < 1.29 is 14.4 Å². The van der Waals surface area contributed by atoms with E-state index in [-0.39, 0.29) is 12.5 Å². The molecule has 32 heavy (non-hydrogen) atoms. The lowest BCUT2D eigenvalue weighted by molar-refractivity contribution is -0.135. The van der Waals surface area contributed by atoms with Crippen molar-refractivity contribution in [3.8, 4) is 0 Å². The summed E-state index contributed by atoms with van der Waals surface area (Å²) in [7, 11) is 0. The Morgan fingerprint density at radius 1 is 1.00 bits per heavy atom. The summed E-state index contributed by atoms with van der Waals surface area (Å²) in [4.78, 5) is 39.7. The molecule has 2 aromatic carbocycles. The number of piperidine rings is 1. The number of carbonyl (C=O) groups is 3. The highest BCUT2D eigenvalue weighted by Gasteiger charge is 2.28. The predicted octanol–water partition coefficient (Wildman–Crippen LogP) is 3.54. The van der Waals surface area contributed by atoms with Crippen LogP contribution in [0, 0.1) is 19.8 Å². The minimum atomic E-state index is -0.641. The Balaban J connectivity index is 1.60. The molecule has 170 valence electrons. The Morgan fingerprint density at radius 3 is 2.38 bits per heavy atom. The van der Waals surface area contributed by atoms with E-state index in [1.54, 1.807) is 6.07 Å². The molecular formula is C25H32N4O3. The zero-order chi connectivity index (χ0) is 23.1. The lowest BCUT2D eigenvalue weighted by atomic mass is 9.97. The Morgan fingerprint density at radius 2 is 1.69 bits per heavy atom. The molecule has 1 atom stereocenters. The molecule has 7 nitrogen and oxygen atoms in total. The van der Waals surface area contributed by atoms with Crippen LogP contribution in [0.2, 0.25) is 0 Å². The normalized spacial score (nSPS) is 15.2. The van der Waals surface area contributed by atoms with Crippen LogP contribution in [0.3, 0.4) is 0 Å². The standard InChI is InChI=1S/C25H32N4O3/c1-17-12-14-29(15-13-17)24(31)23(20-9-5-4-6-10-20)26-16-22(30)28-25(32)27-21-11-7-8-18(2)19(21)3/h4-11,17,23,26H,12-16H2,1-3H3,(H2,27,28,30,32)/t23-/m1/s1. The van der Waals surface area contributed by atoms with Gasteiger partial charge in [-0.25, -0.2) is 4.79 Å². The molecular weight excluding hydrogens is 404 g/mol. The molecule has 1 aliphatic rings. The summed E-state index contributed by atoms with van der Waals surface area (Å²) in [6.07, 6.45) is 1.96. The maximum absolute atomic E-state index is 13.2. The molecule has 7 heteroatoms. The van der Waals surface area contributed by atoms with Crippen LogP contribution in [-0.2, 0) is 9.59 Å². The van der Waals surface area contributed by atoms with E-state index in [9.17, 15) is 14.4 Å². The number of amides is 4. The van der Waals surface area contributed by atoms with Gasteiger partial charge in [0.25, 0.3) is 0 Å².